The molecule has 1 atom stereocenters. The van der Waals surface area contributed by atoms with E-state index in [-0.39, 0.29) is 11.6 Å². The van der Waals surface area contributed by atoms with Crippen molar-refractivity contribution >= 4 is 17.6 Å². The van der Waals surface area contributed by atoms with Gasteiger partial charge in [0, 0.05) is 17.7 Å². The molecule has 1 unspecified atom stereocenters. The summed E-state index contributed by atoms with van der Waals surface area (Å²) in [6.07, 6.45) is 0. The minimum Gasteiger partial charge on any atom is -0.405 e. The topological polar surface area (TPSA) is 81.8 Å². The normalized spacial score (nSPS) is 17.2. The molecule has 0 saturated carbocycles. The second kappa shape index (κ2) is 5.16. The van der Waals surface area contributed by atoms with Crippen molar-refractivity contribution < 1.29 is 14.5 Å². The molecule has 0 radical (unpaired) electrons. The van der Waals surface area contributed by atoms with Crippen molar-refractivity contribution in [3.8, 4) is 0 Å². The molecule has 0 N–H and O–H groups in total. The molecule has 0 spiro atoms. The lowest BCUT2D eigenvalue weighted by Gasteiger charge is -2.02. The SMILES string of the molecule is O=C1OC(c2ccccc2)=NC1c1cccc([N+](=O)[O-])c1. The van der Waals surface area contributed by atoms with Crippen molar-refractivity contribution in [1.29, 1.82) is 0 Å². The van der Waals surface area contributed by atoms with E-state index in [0.717, 1.165) is 0 Å². The number of cyclic esters (lactones) is 1. The van der Waals surface area contributed by atoms with Crippen LogP contribution in [-0.2, 0) is 9.53 Å². The summed E-state index contributed by atoms with van der Waals surface area (Å²) in [5.74, 6) is -0.300. The second-order valence-electron chi connectivity index (χ2n) is 4.48. The molecule has 1 aliphatic rings. The van der Waals surface area contributed by atoms with E-state index in [0.29, 0.717) is 11.1 Å². The molecular weight excluding hydrogens is 272 g/mol. The van der Waals surface area contributed by atoms with Crippen molar-refractivity contribution in [3.05, 3.63) is 75.8 Å². The number of benzene rings is 2. The smallest absolute Gasteiger partial charge is 0.342 e. The van der Waals surface area contributed by atoms with Gasteiger partial charge in [-0.2, -0.15) is 0 Å². The van der Waals surface area contributed by atoms with E-state index in [2.05, 4.69) is 4.99 Å². The zero-order valence-electron chi connectivity index (χ0n) is 10.8. The van der Waals surface area contributed by atoms with E-state index in [1.807, 2.05) is 18.2 Å². The number of nitrogens with zero attached hydrogens (tertiary/aromatic N) is 2. The Bertz CT molecular complexity index is 740. The molecule has 2 aromatic rings. The number of aliphatic imine (C=N–C) groups is 1. The summed E-state index contributed by atoms with van der Waals surface area (Å²) < 4.78 is 5.16. The van der Waals surface area contributed by atoms with Crippen LogP contribution in [-0.4, -0.2) is 16.8 Å². The molecule has 0 amide bonds. The van der Waals surface area contributed by atoms with Gasteiger partial charge in [0.25, 0.3) is 5.69 Å². The van der Waals surface area contributed by atoms with E-state index in [4.69, 9.17) is 4.74 Å². The predicted molar refractivity (Wildman–Crippen MR) is 74.9 cm³/mol. The number of rotatable bonds is 3. The average Bonchev–Trinajstić information content (AvgIpc) is 2.90. The summed E-state index contributed by atoms with van der Waals surface area (Å²) in [5.41, 5.74) is 1.06. The number of esters is 1. The molecule has 0 aromatic heterocycles. The molecule has 6 heteroatoms. The van der Waals surface area contributed by atoms with Crippen molar-refractivity contribution in [2.75, 3.05) is 0 Å². The molecule has 104 valence electrons. The van der Waals surface area contributed by atoms with Crippen molar-refractivity contribution in [2.24, 2.45) is 4.99 Å². The van der Waals surface area contributed by atoms with Crippen molar-refractivity contribution in [2.45, 2.75) is 6.04 Å². The summed E-state index contributed by atoms with van der Waals surface area (Å²) in [6.45, 7) is 0. The van der Waals surface area contributed by atoms with Gasteiger partial charge in [0.2, 0.25) is 5.90 Å². The molecule has 0 saturated heterocycles. The van der Waals surface area contributed by atoms with Crippen LogP contribution in [0.15, 0.2) is 59.6 Å². The van der Waals surface area contributed by atoms with Crippen molar-refractivity contribution in [1.82, 2.24) is 0 Å². The standard InChI is InChI=1S/C15H10N2O4/c18-15-13(11-7-4-8-12(9-11)17(19)20)16-14(21-15)10-5-2-1-3-6-10/h1-9,13H. The van der Waals surface area contributed by atoms with Gasteiger partial charge in [-0.15, -0.1) is 0 Å². The minimum absolute atomic E-state index is 0.0799. The van der Waals surface area contributed by atoms with E-state index in [1.165, 1.54) is 18.2 Å². The highest BCUT2D eigenvalue weighted by molar-refractivity contribution is 6.06. The fourth-order valence-corrected chi connectivity index (χ4v) is 2.08. The highest BCUT2D eigenvalue weighted by Crippen LogP contribution is 2.28. The number of ether oxygens (including phenoxy) is 1. The van der Waals surface area contributed by atoms with Crippen LogP contribution < -0.4 is 0 Å². The third-order valence-electron chi connectivity index (χ3n) is 3.08. The van der Waals surface area contributed by atoms with Gasteiger partial charge in [0.05, 0.1) is 4.92 Å². The van der Waals surface area contributed by atoms with Crippen LogP contribution in [0.4, 0.5) is 5.69 Å². The molecule has 1 aliphatic heterocycles. The van der Waals surface area contributed by atoms with Crippen LogP contribution in [0.25, 0.3) is 0 Å². The summed E-state index contributed by atoms with van der Waals surface area (Å²) in [5, 5.41) is 10.8. The first-order chi connectivity index (χ1) is 10.1. The first-order valence-electron chi connectivity index (χ1n) is 6.24. The number of hydrogen-bond donors (Lipinski definition) is 0. The average molecular weight is 282 g/mol. The van der Waals surface area contributed by atoms with Crippen LogP contribution in [0.5, 0.6) is 0 Å². The quantitative estimate of drug-likeness (QED) is 0.492. The number of carbonyl (C=O) groups is 1. The van der Waals surface area contributed by atoms with Gasteiger partial charge in [-0.3, -0.25) is 10.1 Å². The van der Waals surface area contributed by atoms with E-state index < -0.39 is 16.9 Å². The Morgan fingerprint density at radius 2 is 1.86 bits per heavy atom. The highest BCUT2D eigenvalue weighted by atomic mass is 16.6. The molecule has 3 rings (SSSR count). The van der Waals surface area contributed by atoms with Gasteiger partial charge in [-0.1, -0.05) is 30.3 Å². The Labute approximate surface area is 119 Å². The summed E-state index contributed by atoms with van der Waals surface area (Å²) in [7, 11) is 0. The molecule has 0 fully saturated rings. The lowest BCUT2D eigenvalue weighted by Crippen LogP contribution is -2.09. The van der Waals surface area contributed by atoms with Gasteiger partial charge in [0.1, 0.15) is 0 Å². The Morgan fingerprint density at radius 3 is 2.57 bits per heavy atom. The number of hydrogen-bond acceptors (Lipinski definition) is 5. The van der Waals surface area contributed by atoms with Crippen LogP contribution in [0, 0.1) is 10.1 Å². The Hall–Kier alpha value is -3.02. The highest BCUT2D eigenvalue weighted by Gasteiger charge is 2.31. The number of carbonyl (C=O) groups excluding carboxylic acids is 1. The van der Waals surface area contributed by atoms with Crippen LogP contribution >= 0.6 is 0 Å². The molecule has 2 aromatic carbocycles. The number of non-ortho nitro benzene ring substituents is 1. The Balaban J connectivity index is 1.96. The molecule has 0 bridgehead atoms. The molecule has 0 aliphatic carbocycles. The van der Waals surface area contributed by atoms with Gasteiger partial charge < -0.3 is 4.74 Å². The fourth-order valence-electron chi connectivity index (χ4n) is 2.08. The number of nitro groups is 1. The van der Waals surface area contributed by atoms with Crippen LogP contribution in [0.3, 0.4) is 0 Å². The lowest BCUT2D eigenvalue weighted by atomic mass is 10.1. The third kappa shape index (κ3) is 2.51. The minimum atomic E-state index is -0.861. The van der Waals surface area contributed by atoms with Gasteiger partial charge >= 0.3 is 5.97 Å². The summed E-state index contributed by atoms with van der Waals surface area (Å²) in [6, 6.07) is 14.0. The molecule has 6 nitrogen and oxygen atoms in total. The molecular formula is C15H10N2O4. The van der Waals surface area contributed by atoms with E-state index >= 15 is 0 Å². The fraction of sp³-hybridized carbons (Fsp3) is 0.0667. The van der Waals surface area contributed by atoms with E-state index in [1.54, 1.807) is 18.2 Å². The Kier molecular flexibility index (Phi) is 3.19. The van der Waals surface area contributed by atoms with Gasteiger partial charge in [0.15, 0.2) is 6.04 Å². The maximum atomic E-state index is 11.9. The first-order valence-corrected chi connectivity index (χ1v) is 6.24. The van der Waals surface area contributed by atoms with E-state index in [9.17, 15) is 14.9 Å². The monoisotopic (exact) mass is 282 g/mol. The zero-order chi connectivity index (χ0) is 14.8. The molecule has 1 heterocycles. The van der Waals surface area contributed by atoms with Gasteiger partial charge in [-0.05, 0) is 17.7 Å². The largest absolute Gasteiger partial charge is 0.405 e. The van der Waals surface area contributed by atoms with Gasteiger partial charge in [-0.25, -0.2) is 9.79 Å². The number of nitro benzene ring substituents is 1. The third-order valence-corrected chi connectivity index (χ3v) is 3.08. The van der Waals surface area contributed by atoms with Crippen LogP contribution in [0.1, 0.15) is 17.2 Å². The maximum absolute atomic E-state index is 11.9. The molecule has 21 heavy (non-hydrogen) atoms. The van der Waals surface area contributed by atoms with Crippen molar-refractivity contribution in [3.63, 3.8) is 0 Å². The first kappa shape index (κ1) is 13.0. The second-order valence-corrected chi connectivity index (χ2v) is 4.48. The summed E-state index contributed by atoms with van der Waals surface area (Å²) >= 11 is 0. The predicted octanol–water partition coefficient (Wildman–Crippen LogP) is 2.64. The lowest BCUT2D eigenvalue weighted by molar-refractivity contribution is -0.384. The Morgan fingerprint density at radius 1 is 1.10 bits per heavy atom. The van der Waals surface area contributed by atoms with Crippen LogP contribution in [0.2, 0.25) is 0 Å². The maximum Gasteiger partial charge on any atom is 0.342 e. The zero-order valence-corrected chi connectivity index (χ0v) is 10.8. The summed E-state index contributed by atoms with van der Waals surface area (Å²) in [4.78, 5) is 26.4.